The molecule has 0 spiro atoms. The average molecular weight is 280 g/mol. The molecule has 0 aromatic carbocycles. The first-order chi connectivity index (χ1) is 9.39. The third kappa shape index (κ3) is 3.53. The van der Waals surface area contributed by atoms with E-state index in [1.165, 1.54) is 25.7 Å². The molecule has 1 aliphatic carbocycles. The van der Waals surface area contributed by atoms with Gasteiger partial charge in [-0.05, 0) is 18.3 Å². The second-order valence-corrected chi connectivity index (χ2v) is 7.29. The highest BCUT2D eigenvalue weighted by Crippen LogP contribution is 2.28. The van der Waals surface area contributed by atoms with Gasteiger partial charge in [0.1, 0.15) is 6.04 Å². The van der Waals surface area contributed by atoms with E-state index in [9.17, 15) is 9.59 Å². The van der Waals surface area contributed by atoms with Crippen molar-refractivity contribution in [1.29, 1.82) is 0 Å². The van der Waals surface area contributed by atoms with Crippen LogP contribution in [0.1, 0.15) is 65.7 Å². The Morgan fingerprint density at radius 3 is 2.20 bits per heavy atom. The number of rotatable bonds is 1. The Morgan fingerprint density at radius 1 is 1.05 bits per heavy atom. The van der Waals surface area contributed by atoms with Gasteiger partial charge in [0.15, 0.2) is 0 Å². The quantitative estimate of drug-likeness (QED) is 0.750. The molecule has 1 N–H and O–H groups in total. The maximum absolute atomic E-state index is 12.9. The smallest absolute Gasteiger partial charge is 0.245 e. The van der Waals surface area contributed by atoms with E-state index in [0.29, 0.717) is 19.0 Å². The molecule has 20 heavy (non-hydrogen) atoms. The standard InChI is InChI=1S/C16H28N2O2/c1-16(2,3)14-15(20)18(11-10-13(19)17-14)12-8-6-4-5-7-9-12/h12,14H,4-11H2,1-3H3,(H,17,19). The zero-order valence-corrected chi connectivity index (χ0v) is 13.1. The summed E-state index contributed by atoms with van der Waals surface area (Å²) in [6.07, 6.45) is 7.59. The topological polar surface area (TPSA) is 49.4 Å². The van der Waals surface area contributed by atoms with Crippen molar-refractivity contribution in [3.8, 4) is 0 Å². The molecule has 0 aromatic heterocycles. The molecule has 0 bridgehead atoms. The Bertz CT molecular complexity index is 365. The number of hydrogen-bond acceptors (Lipinski definition) is 2. The Labute approximate surface area is 122 Å². The fourth-order valence-corrected chi connectivity index (χ4v) is 3.31. The Morgan fingerprint density at radius 2 is 1.65 bits per heavy atom. The van der Waals surface area contributed by atoms with Crippen LogP contribution in [0.15, 0.2) is 0 Å². The summed E-state index contributed by atoms with van der Waals surface area (Å²) in [5, 5.41) is 2.92. The van der Waals surface area contributed by atoms with Crippen molar-refractivity contribution in [2.24, 2.45) is 5.41 Å². The summed E-state index contributed by atoms with van der Waals surface area (Å²) in [6.45, 7) is 6.65. The van der Waals surface area contributed by atoms with Gasteiger partial charge in [-0.3, -0.25) is 9.59 Å². The molecule has 2 fully saturated rings. The van der Waals surface area contributed by atoms with Crippen molar-refractivity contribution in [3.05, 3.63) is 0 Å². The molecular formula is C16H28N2O2. The highest BCUT2D eigenvalue weighted by molar-refractivity contribution is 5.90. The van der Waals surface area contributed by atoms with Gasteiger partial charge >= 0.3 is 0 Å². The molecule has 0 aromatic rings. The molecule has 1 unspecified atom stereocenters. The lowest BCUT2D eigenvalue weighted by Gasteiger charge is -2.36. The summed E-state index contributed by atoms with van der Waals surface area (Å²) in [5.74, 6) is 0.129. The van der Waals surface area contributed by atoms with Crippen LogP contribution < -0.4 is 5.32 Å². The van der Waals surface area contributed by atoms with E-state index in [0.717, 1.165) is 12.8 Å². The van der Waals surface area contributed by atoms with Crippen LogP contribution in [-0.2, 0) is 9.59 Å². The molecule has 1 saturated carbocycles. The number of carbonyl (C=O) groups is 2. The largest absolute Gasteiger partial charge is 0.344 e. The predicted octanol–water partition coefficient (Wildman–Crippen LogP) is 2.47. The van der Waals surface area contributed by atoms with E-state index in [2.05, 4.69) is 5.32 Å². The highest BCUT2D eigenvalue weighted by Gasteiger charge is 2.39. The van der Waals surface area contributed by atoms with Gasteiger partial charge in [0.05, 0.1) is 0 Å². The van der Waals surface area contributed by atoms with Gasteiger partial charge < -0.3 is 10.2 Å². The second kappa shape index (κ2) is 6.15. The van der Waals surface area contributed by atoms with Gasteiger partial charge in [-0.2, -0.15) is 0 Å². The first kappa shape index (κ1) is 15.3. The lowest BCUT2D eigenvalue weighted by Crippen LogP contribution is -2.54. The van der Waals surface area contributed by atoms with E-state index < -0.39 is 0 Å². The van der Waals surface area contributed by atoms with Crippen LogP contribution in [0.25, 0.3) is 0 Å². The summed E-state index contributed by atoms with van der Waals surface area (Å²) >= 11 is 0. The zero-order chi connectivity index (χ0) is 14.8. The molecule has 0 radical (unpaired) electrons. The van der Waals surface area contributed by atoms with Gasteiger partial charge in [-0.1, -0.05) is 46.5 Å². The zero-order valence-electron chi connectivity index (χ0n) is 13.1. The average Bonchev–Trinajstić information content (AvgIpc) is 2.69. The fraction of sp³-hybridized carbons (Fsp3) is 0.875. The Balaban J connectivity index is 2.18. The van der Waals surface area contributed by atoms with Crippen LogP contribution in [0.3, 0.4) is 0 Å². The summed E-state index contributed by atoms with van der Waals surface area (Å²) < 4.78 is 0. The highest BCUT2D eigenvalue weighted by atomic mass is 16.2. The monoisotopic (exact) mass is 280 g/mol. The molecule has 1 atom stereocenters. The van der Waals surface area contributed by atoms with Crippen molar-refractivity contribution < 1.29 is 9.59 Å². The predicted molar refractivity (Wildman–Crippen MR) is 79.2 cm³/mol. The van der Waals surface area contributed by atoms with Crippen molar-refractivity contribution in [2.45, 2.75) is 77.8 Å². The molecule has 4 heteroatoms. The second-order valence-electron chi connectivity index (χ2n) is 7.29. The molecular weight excluding hydrogens is 252 g/mol. The fourth-order valence-electron chi connectivity index (χ4n) is 3.31. The van der Waals surface area contributed by atoms with Crippen LogP contribution >= 0.6 is 0 Å². The van der Waals surface area contributed by atoms with Crippen LogP contribution in [0.5, 0.6) is 0 Å². The van der Waals surface area contributed by atoms with Crippen molar-refractivity contribution in [1.82, 2.24) is 10.2 Å². The molecule has 1 heterocycles. The van der Waals surface area contributed by atoms with Gasteiger partial charge in [0.2, 0.25) is 11.8 Å². The van der Waals surface area contributed by atoms with Crippen LogP contribution in [0.2, 0.25) is 0 Å². The number of nitrogens with zero attached hydrogens (tertiary/aromatic N) is 1. The van der Waals surface area contributed by atoms with Crippen molar-refractivity contribution in [2.75, 3.05) is 6.54 Å². The summed E-state index contributed by atoms with van der Waals surface area (Å²) in [5.41, 5.74) is -0.236. The van der Waals surface area contributed by atoms with Crippen molar-refractivity contribution in [3.63, 3.8) is 0 Å². The molecule has 1 aliphatic heterocycles. The van der Waals surface area contributed by atoms with Gasteiger partial charge in [0, 0.05) is 19.0 Å². The molecule has 2 aliphatic rings. The maximum atomic E-state index is 12.9. The minimum atomic E-state index is -0.388. The normalized spacial score (nSPS) is 26.9. The van der Waals surface area contributed by atoms with E-state index in [-0.39, 0.29) is 23.3 Å². The van der Waals surface area contributed by atoms with E-state index in [1.54, 1.807) is 0 Å². The first-order valence-corrected chi connectivity index (χ1v) is 7.99. The molecule has 2 amide bonds. The number of carbonyl (C=O) groups excluding carboxylic acids is 2. The third-order valence-electron chi connectivity index (χ3n) is 4.55. The number of hydrogen-bond donors (Lipinski definition) is 1. The summed E-state index contributed by atoms with van der Waals surface area (Å²) in [4.78, 5) is 26.8. The van der Waals surface area contributed by atoms with E-state index >= 15 is 0 Å². The minimum absolute atomic E-state index is 0.00870. The number of nitrogens with one attached hydrogen (secondary N) is 1. The summed E-state index contributed by atoms with van der Waals surface area (Å²) in [7, 11) is 0. The Hall–Kier alpha value is -1.06. The molecule has 1 saturated heterocycles. The van der Waals surface area contributed by atoms with Gasteiger partial charge in [-0.15, -0.1) is 0 Å². The molecule has 2 rings (SSSR count). The van der Waals surface area contributed by atoms with Crippen LogP contribution in [0, 0.1) is 5.41 Å². The molecule has 114 valence electrons. The SMILES string of the molecule is CC(C)(C)C1NC(=O)CCN(C2CCCCCC2)C1=O. The Kier molecular flexibility index (Phi) is 4.71. The van der Waals surface area contributed by atoms with Gasteiger partial charge in [0.25, 0.3) is 0 Å². The third-order valence-corrected chi connectivity index (χ3v) is 4.55. The lowest BCUT2D eigenvalue weighted by molar-refractivity contribution is -0.138. The minimum Gasteiger partial charge on any atom is -0.344 e. The van der Waals surface area contributed by atoms with E-state index in [4.69, 9.17) is 0 Å². The van der Waals surface area contributed by atoms with E-state index in [1.807, 2.05) is 25.7 Å². The summed E-state index contributed by atoms with van der Waals surface area (Å²) in [6, 6.07) is -0.0525. The number of amides is 2. The maximum Gasteiger partial charge on any atom is 0.245 e. The first-order valence-electron chi connectivity index (χ1n) is 7.99. The lowest BCUT2D eigenvalue weighted by atomic mass is 9.85. The van der Waals surface area contributed by atoms with Crippen LogP contribution in [-0.4, -0.2) is 35.3 Å². The molecule has 4 nitrogen and oxygen atoms in total. The van der Waals surface area contributed by atoms with Crippen molar-refractivity contribution >= 4 is 11.8 Å². The van der Waals surface area contributed by atoms with Gasteiger partial charge in [-0.25, -0.2) is 0 Å². The van der Waals surface area contributed by atoms with Crippen LogP contribution in [0.4, 0.5) is 0 Å².